The quantitative estimate of drug-likeness (QED) is 0.723. The molecule has 0 unspecified atom stereocenters. The van der Waals surface area contributed by atoms with Gasteiger partial charge in [-0.1, -0.05) is 6.07 Å². The molecule has 0 fully saturated rings. The van der Waals surface area contributed by atoms with E-state index in [0.29, 0.717) is 16.9 Å². The van der Waals surface area contributed by atoms with E-state index in [-0.39, 0.29) is 0 Å². The minimum atomic E-state index is -4.36. The molecule has 3 rings (SSSR count). The smallest absolute Gasteiger partial charge is 0.342 e. The summed E-state index contributed by atoms with van der Waals surface area (Å²) in [6.45, 7) is 0. The van der Waals surface area contributed by atoms with E-state index in [9.17, 15) is 13.2 Å². The van der Waals surface area contributed by atoms with E-state index in [1.807, 2.05) is 0 Å². The summed E-state index contributed by atoms with van der Waals surface area (Å²) in [5.74, 6) is 0. The van der Waals surface area contributed by atoms with Gasteiger partial charge in [0.25, 0.3) is 0 Å². The summed E-state index contributed by atoms with van der Waals surface area (Å²) in [4.78, 5) is 6.76. The molecule has 0 radical (unpaired) electrons. The highest BCUT2D eigenvalue weighted by atomic mass is 19.4. The molecule has 0 atom stereocenters. The molecule has 0 aliphatic rings. The number of aromatic amines is 1. The lowest BCUT2D eigenvalue weighted by Gasteiger charge is -2.08. The molecule has 3 aromatic rings. The maximum Gasteiger partial charge on any atom is 0.416 e. The van der Waals surface area contributed by atoms with Crippen molar-refractivity contribution in [3.8, 4) is 5.69 Å². The van der Waals surface area contributed by atoms with Crippen LogP contribution in [-0.4, -0.2) is 19.7 Å². The summed E-state index contributed by atoms with van der Waals surface area (Å²) < 4.78 is 39.1. The molecule has 18 heavy (non-hydrogen) atoms. The average Bonchev–Trinajstić information content (AvgIpc) is 2.88. The Morgan fingerprint density at radius 1 is 1.22 bits per heavy atom. The van der Waals surface area contributed by atoms with Crippen molar-refractivity contribution in [2.24, 2.45) is 0 Å². The molecule has 4 nitrogen and oxygen atoms in total. The number of H-pyrrole nitrogens is 1. The number of nitrogens with one attached hydrogen (secondary N) is 1. The van der Waals surface area contributed by atoms with E-state index in [1.54, 1.807) is 12.3 Å². The first-order valence-corrected chi connectivity index (χ1v) is 5.10. The molecule has 0 saturated heterocycles. The van der Waals surface area contributed by atoms with Gasteiger partial charge in [-0.15, -0.1) is 5.10 Å². The number of nitrogens with zero attached hydrogens (tertiary/aromatic N) is 3. The molecular formula is C11H7F3N4. The monoisotopic (exact) mass is 252 g/mol. The Hall–Kier alpha value is -2.31. The molecule has 1 N–H and O–H groups in total. The van der Waals surface area contributed by atoms with E-state index < -0.39 is 11.7 Å². The maximum atomic E-state index is 12.6. The Labute approximate surface area is 99.1 Å². The number of rotatable bonds is 1. The summed E-state index contributed by atoms with van der Waals surface area (Å²) in [7, 11) is 0. The number of hydrogen-bond donors (Lipinski definition) is 1. The van der Waals surface area contributed by atoms with Crippen molar-refractivity contribution in [1.82, 2.24) is 19.7 Å². The lowest BCUT2D eigenvalue weighted by molar-refractivity contribution is -0.137. The van der Waals surface area contributed by atoms with Gasteiger partial charge in [0.1, 0.15) is 5.52 Å². The molecule has 0 amide bonds. The third-order valence-electron chi connectivity index (χ3n) is 2.54. The van der Waals surface area contributed by atoms with Gasteiger partial charge in [0.2, 0.25) is 0 Å². The van der Waals surface area contributed by atoms with Crippen LogP contribution in [0.5, 0.6) is 0 Å². The van der Waals surface area contributed by atoms with Crippen LogP contribution in [-0.2, 0) is 6.18 Å². The molecule has 2 heterocycles. The zero-order chi connectivity index (χ0) is 12.8. The third-order valence-corrected chi connectivity index (χ3v) is 2.54. The van der Waals surface area contributed by atoms with Crippen molar-refractivity contribution in [3.63, 3.8) is 0 Å². The first-order chi connectivity index (χ1) is 8.54. The fourth-order valence-electron chi connectivity index (χ4n) is 1.68. The molecule has 0 aliphatic heterocycles. The second-order valence-electron chi connectivity index (χ2n) is 3.76. The second kappa shape index (κ2) is 3.59. The number of benzene rings is 1. The van der Waals surface area contributed by atoms with Crippen molar-refractivity contribution < 1.29 is 13.2 Å². The van der Waals surface area contributed by atoms with Crippen LogP contribution in [0.1, 0.15) is 5.56 Å². The van der Waals surface area contributed by atoms with Crippen LogP contribution in [0.4, 0.5) is 13.2 Å². The fourth-order valence-corrected chi connectivity index (χ4v) is 1.68. The molecule has 0 aliphatic carbocycles. The highest BCUT2D eigenvalue weighted by molar-refractivity contribution is 5.69. The summed E-state index contributed by atoms with van der Waals surface area (Å²) in [6.07, 6.45) is -1.28. The number of alkyl halides is 3. The Bertz CT molecular complexity index is 667. The second-order valence-corrected chi connectivity index (χ2v) is 3.76. The predicted molar refractivity (Wildman–Crippen MR) is 58.2 cm³/mol. The van der Waals surface area contributed by atoms with Gasteiger partial charge in [-0.25, -0.2) is 9.67 Å². The van der Waals surface area contributed by atoms with Gasteiger partial charge in [0.05, 0.1) is 23.8 Å². The van der Waals surface area contributed by atoms with E-state index in [4.69, 9.17) is 0 Å². The molecule has 0 saturated carbocycles. The lowest BCUT2D eigenvalue weighted by atomic mass is 10.2. The van der Waals surface area contributed by atoms with E-state index >= 15 is 0 Å². The number of hydrogen-bond acceptors (Lipinski definition) is 2. The Morgan fingerprint density at radius 3 is 2.78 bits per heavy atom. The third kappa shape index (κ3) is 1.73. The summed E-state index contributed by atoms with van der Waals surface area (Å²) >= 11 is 0. The highest BCUT2D eigenvalue weighted by Gasteiger charge is 2.30. The minimum Gasteiger partial charge on any atom is -0.342 e. The van der Waals surface area contributed by atoms with Gasteiger partial charge in [-0.05, 0) is 18.2 Å². The Kier molecular flexibility index (Phi) is 2.16. The molecule has 1 aromatic carbocycles. The van der Waals surface area contributed by atoms with Crippen LogP contribution in [0.3, 0.4) is 0 Å². The van der Waals surface area contributed by atoms with Crippen molar-refractivity contribution in [3.05, 3.63) is 42.4 Å². The van der Waals surface area contributed by atoms with Crippen molar-refractivity contribution in [1.29, 1.82) is 0 Å². The van der Waals surface area contributed by atoms with Gasteiger partial charge in [0, 0.05) is 0 Å². The number of halogens is 3. The number of aromatic nitrogens is 4. The predicted octanol–water partition coefficient (Wildman–Crippen LogP) is 2.77. The first-order valence-electron chi connectivity index (χ1n) is 5.10. The minimum absolute atomic E-state index is 0.344. The highest BCUT2D eigenvalue weighted by Crippen LogP contribution is 2.30. The maximum absolute atomic E-state index is 12.6. The van der Waals surface area contributed by atoms with Gasteiger partial charge in [0.15, 0.2) is 5.65 Å². The topological polar surface area (TPSA) is 46.5 Å². The van der Waals surface area contributed by atoms with Crippen LogP contribution in [0, 0.1) is 0 Å². The SMILES string of the molecule is FC(F)(F)c1cccc(-n2cc3[nH]cnc3n2)c1. The Balaban J connectivity index is 2.09. The van der Waals surface area contributed by atoms with Gasteiger partial charge < -0.3 is 4.98 Å². The summed E-state index contributed by atoms with van der Waals surface area (Å²) in [5.41, 5.74) is 0.781. The summed E-state index contributed by atoms with van der Waals surface area (Å²) in [5, 5.41) is 4.07. The standard InChI is InChI=1S/C11H7F3N4/c12-11(13,14)7-2-1-3-8(4-7)18-5-9-10(17-18)16-6-15-9/h1-6H,(H,15,16,17). The molecule has 0 spiro atoms. The molecule has 0 bridgehead atoms. The van der Waals surface area contributed by atoms with Crippen molar-refractivity contribution in [2.75, 3.05) is 0 Å². The first kappa shape index (κ1) is 10.8. The number of imidazole rings is 1. The Morgan fingerprint density at radius 2 is 2.06 bits per heavy atom. The van der Waals surface area contributed by atoms with Crippen LogP contribution in [0.2, 0.25) is 0 Å². The summed E-state index contributed by atoms with van der Waals surface area (Å²) in [6, 6.07) is 4.98. The zero-order valence-corrected chi connectivity index (χ0v) is 8.94. The van der Waals surface area contributed by atoms with Crippen LogP contribution >= 0.6 is 0 Å². The molecule has 92 valence electrons. The van der Waals surface area contributed by atoms with E-state index in [1.165, 1.54) is 17.1 Å². The van der Waals surface area contributed by atoms with E-state index in [2.05, 4.69) is 15.1 Å². The molecular weight excluding hydrogens is 245 g/mol. The van der Waals surface area contributed by atoms with Crippen molar-refractivity contribution in [2.45, 2.75) is 6.18 Å². The molecule has 7 heteroatoms. The van der Waals surface area contributed by atoms with Gasteiger partial charge in [-0.3, -0.25) is 0 Å². The fraction of sp³-hybridized carbons (Fsp3) is 0.0909. The number of fused-ring (bicyclic) bond motifs is 1. The van der Waals surface area contributed by atoms with Gasteiger partial charge in [-0.2, -0.15) is 13.2 Å². The lowest BCUT2D eigenvalue weighted by Crippen LogP contribution is -2.06. The largest absolute Gasteiger partial charge is 0.416 e. The van der Waals surface area contributed by atoms with Crippen LogP contribution < -0.4 is 0 Å². The van der Waals surface area contributed by atoms with Crippen molar-refractivity contribution >= 4 is 11.2 Å². The van der Waals surface area contributed by atoms with Gasteiger partial charge >= 0.3 is 6.18 Å². The van der Waals surface area contributed by atoms with E-state index in [0.717, 1.165) is 12.1 Å². The van der Waals surface area contributed by atoms with Crippen LogP contribution in [0.15, 0.2) is 36.8 Å². The normalized spacial score (nSPS) is 12.2. The average molecular weight is 252 g/mol. The molecule has 2 aromatic heterocycles. The zero-order valence-electron chi connectivity index (χ0n) is 8.94. The van der Waals surface area contributed by atoms with Crippen LogP contribution in [0.25, 0.3) is 16.9 Å².